The fourth-order valence-corrected chi connectivity index (χ4v) is 0.620. The fourth-order valence-electron chi connectivity index (χ4n) is 0.207. The van der Waals surface area contributed by atoms with Crippen molar-refractivity contribution in [2.45, 2.75) is 13.1 Å². The minimum absolute atomic E-state index is 0.833. The molecule has 0 rings (SSSR count). The first-order valence-corrected chi connectivity index (χ1v) is 4.26. The first-order valence-electron chi connectivity index (χ1n) is 2.65. The molecule has 0 atom stereocenters. The third kappa shape index (κ3) is 35.1. The molecule has 80 valence electrons. The van der Waals surface area contributed by atoms with Crippen LogP contribution in [0, 0.1) is 0 Å². The first kappa shape index (κ1) is 14.7. The Morgan fingerprint density at radius 1 is 1.38 bits per heavy atom. The topological polar surface area (TPSA) is 91.7 Å². The molecule has 0 unspecified atom stereocenters. The highest BCUT2D eigenvalue weighted by molar-refractivity contribution is 7.85. The zero-order valence-corrected chi connectivity index (χ0v) is 7.18. The number of hydrogen-bond acceptors (Lipinski definition) is 3. The molecule has 0 aliphatic heterocycles. The second-order valence-corrected chi connectivity index (χ2v) is 3.31. The molecule has 0 amide bonds. The molecule has 0 aromatic rings. The van der Waals surface area contributed by atoms with Gasteiger partial charge in [0.25, 0.3) is 16.1 Å². The fraction of sp³-hybridized carbons (Fsp3) is 0.750. The number of carboxylic acids is 1. The Morgan fingerprint density at radius 3 is 1.62 bits per heavy atom. The quantitative estimate of drug-likeness (QED) is 0.634. The van der Waals surface area contributed by atoms with E-state index in [1.807, 2.05) is 0 Å². The molecule has 0 aliphatic rings. The summed E-state index contributed by atoms with van der Waals surface area (Å²) in [7, 11) is -4.91. The summed E-state index contributed by atoms with van der Waals surface area (Å²) >= 11 is 0. The lowest BCUT2D eigenvalue weighted by atomic mass is 10.8. The van der Waals surface area contributed by atoms with Crippen LogP contribution in [0.4, 0.5) is 13.2 Å². The van der Waals surface area contributed by atoms with Crippen molar-refractivity contribution in [3.8, 4) is 0 Å². The predicted octanol–water partition coefficient (Wildman–Crippen LogP) is 0.527. The Morgan fingerprint density at radius 2 is 1.62 bits per heavy atom. The third-order valence-corrected chi connectivity index (χ3v) is 1.04. The molecule has 9 heteroatoms. The van der Waals surface area contributed by atoms with Crippen LogP contribution < -0.4 is 0 Å². The van der Waals surface area contributed by atoms with E-state index in [1.54, 1.807) is 0 Å². The third-order valence-electron chi connectivity index (χ3n) is 0.346. The minimum atomic E-state index is -4.91. The van der Waals surface area contributed by atoms with E-state index in [1.165, 1.54) is 0 Å². The molecule has 13 heavy (non-hydrogen) atoms. The summed E-state index contributed by atoms with van der Waals surface area (Å²) in [4.78, 5) is 9.00. The Hall–Kier alpha value is -0.830. The monoisotopic (exact) mass is 224 g/mol. The normalized spacial score (nSPS) is 11.5. The molecule has 0 saturated heterocycles. The number of aliphatic carboxylic acids is 1. The van der Waals surface area contributed by atoms with Gasteiger partial charge in [-0.15, -0.1) is 0 Å². The Balaban J connectivity index is 0. The SMILES string of the molecule is CC(=O)O.O=S(=O)(O)CC(F)(F)F. The van der Waals surface area contributed by atoms with Crippen LogP contribution in [0.15, 0.2) is 0 Å². The van der Waals surface area contributed by atoms with Crippen molar-refractivity contribution in [2.24, 2.45) is 0 Å². The molecule has 0 aliphatic carbocycles. The van der Waals surface area contributed by atoms with Gasteiger partial charge in [0.2, 0.25) is 0 Å². The highest BCUT2D eigenvalue weighted by Gasteiger charge is 2.33. The molecule has 0 spiro atoms. The maximum Gasteiger partial charge on any atom is 0.405 e. The van der Waals surface area contributed by atoms with Crippen molar-refractivity contribution in [1.82, 2.24) is 0 Å². The Labute approximate surface area is 71.9 Å². The van der Waals surface area contributed by atoms with Crippen molar-refractivity contribution < 1.29 is 36.0 Å². The zero-order chi connectivity index (χ0) is 11.3. The van der Waals surface area contributed by atoms with E-state index < -0.39 is 28.0 Å². The zero-order valence-electron chi connectivity index (χ0n) is 6.37. The second-order valence-electron chi connectivity index (χ2n) is 1.86. The van der Waals surface area contributed by atoms with E-state index in [-0.39, 0.29) is 0 Å². The highest BCUT2D eigenvalue weighted by atomic mass is 32.2. The summed E-state index contributed by atoms with van der Waals surface area (Å²) in [5.74, 6) is -3.01. The van der Waals surface area contributed by atoms with Gasteiger partial charge in [0.15, 0.2) is 5.75 Å². The summed E-state index contributed by atoms with van der Waals surface area (Å²) in [6.07, 6.45) is -4.85. The van der Waals surface area contributed by atoms with Crippen LogP contribution in [-0.2, 0) is 14.9 Å². The van der Waals surface area contributed by atoms with Crippen LogP contribution >= 0.6 is 0 Å². The summed E-state index contributed by atoms with van der Waals surface area (Å²) in [5, 5.41) is 7.42. The summed E-state index contributed by atoms with van der Waals surface area (Å²) in [6.45, 7) is 1.08. The number of carboxylic acid groups (broad SMARTS) is 1. The number of rotatable bonds is 1. The van der Waals surface area contributed by atoms with Crippen molar-refractivity contribution in [3.63, 3.8) is 0 Å². The van der Waals surface area contributed by atoms with Crippen molar-refractivity contribution in [2.75, 3.05) is 5.75 Å². The van der Waals surface area contributed by atoms with Gasteiger partial charge in [-0.2, -0.15) is 21.6 Å². The van der Waals surface area contributed by atoms with Crippen LogP contribution in [0.3, 0.4) is 0 Å². The van der Waals surface area contributed by atoms with Crippen LogP contribution in [0.25, 0.3) is 0 Å². The predicted molar refractivity (Wildman–Crippen MR) is 35.8 cm³/mol. The average Bonchev–Trinajstić information content (AvgIpc) is 1.47. The van der Waals surface area contributed by atoms with Gasteiger partial charge in [-0.1, -0.05) is 0 Å². The minimum Gasteiger partial charge on any atom is -0.481 e. The Kier molecular flexibility index (Phi) is 5.67. The van der Waals surface area contributed by atoms with Gasteiger partial charge in [0.1, 0.15) is 0 Å². The lowest BCUT2D eigenvalue weighted by Crippen LogP contribution is -2.21. The molecule has 0 fully saturated rings. The van der Waals surface area contributed by atoms with Crippen LogP contribution in [0.1, 0.15) is 6.92 Å². The Bertz CT molecular complexity index is 249. The largest absolute Gasteiger partial charge is 0.481 e. The van der Waals surface area contributed by atoms with Gasteiger partial charge in [0, 0.05) is 6.92 Å². The van der Waals surface area contributed by atoms with E-state index in [0.29, 0.717) is 0 Å². The molecular weight excluding hydrogens is 217 g/mol. The van der Waals surface area contributed by atoms with E-state index in [0.717, 1.165) is 6.92 Å². The molecule has 0 heterocycles. The summed E-state index contributed by atoms with van der Waals surface area (Å²) in [6, 6.07) is 0. The smallest absolute Gasteiger partial charge is 0.405 e. The van der Waals surface area contributed by atoms with Crippen LogP contribution in [-0.4, -0.2) is 36.0 Å². The van der Waals surface area contributed by atoms with Gasteiger partial charge in [-0.25, -0.2) is 0 Å². The van der Waals surface area contributed by atoms with Gasteiger partial charge < -0.3 is 5.11 Å². The number of alkyl halides is 3. The van der Waals surface area contributed by atoms with E-state index >= 15 is 0 Å². The average molecular weight is 224 g/mol. The van der Waals surface area contributed by atoms with Gasteiger partial charge in [-0.05, 0) is 0 Å². The number of carbonyl (C=O) groups is 1. The lowest BCUT2D eigenvalue weighted by Gasteiger charge is -2.00. The number of halogens is 3. The van der Waals surface area contributed by atoms with Crippen molar-refractivity contribution in [3.05, 3.63) is 0 Å². The van der Waals surface area contributed by atoms with Gasteiger partial charge in [-0.3, -0.25) is 9.35 Å². The van der Waals surface area contributed by atoms with Crippen molar-refractivity contribution in [1.29, 1.82) is 0 Å². The molecule has 0 aromatic carbocycles. The van der Waals surface area contributed by atoms with Crippen LogP contribution in [0.5, 0.6) is 0 Å². The molecule has 0 radical (unpaired) electrons. The number of hydrogen-bond donors (Lipinski definition) is 2. The molecule has 0 saturated carbocycles. The maximum atomic E-state index is 11.0. The van der Waals surface area contributed by atoms with Gasteiger partial charge >= 0.3 is 6.18 Å². The summed E-state index contributed by atoms with van der Waals surface area (Å²) < 4.78 is 59.6. The molecule has 2 N–H and O–H groups in total. The van der Waals surface area contributed by atoms with Crippen molar-refractivity contribution >= 4 is 16.1 Å². The molecule has 0 bridgehead atoms. The maximum absolute atomic E-state index is 11.0. The molecular formula is C4H7F3O5S. The highest BCUT2D eigenvalue weighted by Crippen LogP contribution is 2.15. The molecule has 5 nitrogen and oxygen atoms in total. The lowest BCUT2D eigenvalue weighted by molar-refractivity contribution is -0.134. The van der Waals surface area contributed by atoms with E-state index in [2.05, 4.69) is 0 Å². The molecule has 0 aromatic heterocycles. The van der Waals surface area contributed by atoms with Crippen LogP contribution in [0.2, 0.25) is 0 Å². The van der Waals surface area contributed by atoms with Gasteiger partial charge in [0.05, 0.1) is 0 Å². The standard InChI is InChI=1S/C2H3F3O3S.C2H4O2/c3-2(4,5)1-9(6,7)8;1-2(3)4/h1H2,(H,6,7,8);1H3,(H,3,4). The first-order chi connectivity index (χ1) is 5.44. The van der Waals surface area contributed by atoms with E-state index in [4.69, 9.17) is 14.5 Å². The second kappa shape index (κ2) is 5.02. The summed E-state index contributed by atoms with van der Waals surface area (Å²) in [5.41, 5.74) is 0. The van der Waals surface area contributed by atoms with E-state index in [9.17, 15) is 21.6 Å².